The first-order chi connectivity index (χ1) is 7.58. The van der Waals surface area contributed by atoms with E-state index in [4.69, 9.17) is 10.5 Å². The van der Waals surface area contributed by atoms with Gasteiger partial charge < -0.3 is 10.5 Å². The highest BCUT2D eigenvalue weighted by molar-refractivity contribution is 5.54. The molecule has 0 aliphatic heterocycles. The van der Waals surface area contributed by atoms with Crippen molar-refractivity contribution in [3.63, 3.8) is 0 Å². The molecule has 0 atom stereocenters. The van der Waals surface area contributed by atoms with E-state index >= 15 is 0 Å². The quantitative estimate of drug-likeness (QED) is 0.796. The molecule has 6 heteroatoms. The van der Waals surface area contributed by atoms with Crippen LogP contribution in [0.4, 0.5) is 14.5 Å². The van der Waals surface area contributed by atoms with E-state index in [2.05, 4.69) is 5.10 Å². The lowest BCUT2D eigenvalue weighted by Gasteiger charge is -2.07. The Kier molecular flexibility index (Phi) is 2.47. The number of nitrogens with zero attached hydrogens (tertiary/aromatic N) is 2. The Hall–Kier alpha value is -2.11. The SMILES string of the molecule is Cn1cc(Oc2c(N)ccc(F)c2F)cn1. The van der Waals surface area contributed by atoms with Gasteiger partial charge in [0, 0.05) is 7.05 Å². The zero-order valence-electron chi connectivity index (χ0n) is 8.45. The molecule has 2 rings (SSSR count). The lowest BCUT2D eigenvalue weighted by Crippen LogP contribution is -1.97. The van der Waals surface area contributed by atoms with E-state index in [1.54, 1.807) is 7.05 Å². The van der Waals surface area contributed by atoms with Gasteiger partial charge in [-0.2, -0.15) is 9.49 Å². The first-order valence-electron chi connectivity index (χ1n) is 4.48. The van der Waals surface area contributed by atoms with Gasteiger partial charge in [0.2, 0.25) is 5.82 Å². The molecule has 2 aromatic rings. The van der Waals surface area contributed by atoms with E-state index in [1.165, 1.54) is 23.1 Å². The third-order valence-electron chi connectivity index (χ3n) is 1.98. The Bertz CT molecular complexity index is 525. The third-order valence-corrected chi connectivity index (χ3v) is 1.98. The average Bonchev–Trinajstić information content (AvgIpc) is 2.65. The maximum Gasteiger partial charge on any atom is 0.203 e. The Morgan fingerprint density at radius 1 is 1.38 bits per heavy atom. The maximum absolute atomic E-state index is 13.3. The number of nitrogens with two attached hydrogens (primary N) is 1. The predicted molar refractivity (Wildman–Crippen MR) is 54.1 cm³/mol. The van der Waals surface area contributed by atoms with Gasteiger partial charge in [0.25, 0.3) is 0 Å². The minimum Gasteiger partial charge on any atom is -0.449 e. The number of rotatable bonds is 2. The average molecular weight is 225 g/mol. The monoisotopic (exact) mass is 225 g/mol. The molecule has 0 fully saturated rings. The van der Waals surface area contributed by atoms with Crippen molar-refractivity contribution in [3.05, 3.63) is 36.2 Å². The van der Waals surface area contributed by atoms with Crippen LogP contribution in [-0.2, 0) is 7.05 Å². The van der Waals surface area contributed by atoms with Crippen molar-refractivity contribution in [3.8, 4) is 11.5 Å². The number of nitrogen functional groups attached to an aromatic ring is 1. The van der Waals surface area contributed by atoms with Crippen molar-refractivity contribution in [1.82, 2.24) is 9.78 Å². The van der Waals surface area contributed by atoms with Gasteiger partial charge in [-0.25, -0.2) is 4.39 Å². The molecule has 1 aromatic carbocycles. The summed E-state index contributed by atoms with van der Waals surface area (Å²) in [6.07, 6.45) is 2.90. The van der Waals surface area contributed by atoms with E-state index < -0.39 is 11.6 Å². The van der Waals surface area contributed by atoms with Crippen LogP contribution < -0.4 is 10.5 Å². The van der Waals surface area contributed by atoms with E-state index in [0.717, 1.165) is 6.07 Å². The molecule has 84 valence electrons. The van der Waals surface area contributed by atoms with Crippen LogP contribution in [0.1, 0.15) is 0 Å². The summed E-state index contributed by atoms with van der Waals surface area (Å²) in [6.45, 7) is 0. The van der Waals surface area contributed by atoms with Gasteiger partial charge in [-0.15, -0.1) is 0 Å². The zero-order chi connectivity index (χ0) is 11.7. The summed E-state index contributed by atoms with van der Waals surface area (Å²) in [6, 6.07) is 2.19. The second-order valence-corrected chi connectivity index (χ2v) is 3.23. The molecular weight excluding hydrogens is 216 g/mol. The molecule has 0 saturated heterocycles. The van der Waals surface area contributed by atoms with E-state index in [-0.39, 0.29) is 11.4 Å². The van der Waals surface area contributed by atoms with Crippen molar-refractivity contribution in [2.45, 2.75) is 0 Å². The Labute approximate surface area is 90.2 Å². The number of aromatic nitrogens is 2. The van der Waals surface area contributed by atoms with E-state index in [0.29, 0.717) is 5.75 Å². The molecule has 0 saturated carbocycles. The smallest absolute Gasteiger partial charge is 0.203 e. The molecule has 2 N–H and O–H groups in total. The molecule has 4 nitrogen and oxygen atoms in total. The molecule has 0 amide bonds. The van der Waals surface area contributed by atoms with Crippen LogP contribution >= 0.6 is 0 Å². The number of anilines is 1. The minimum absolute atomic E-state index is 0.0303. The Morgan fingerprint density at radius 3 is 2.75 bits per heavy atom. The minimum atomic E-state index is -1.11. The Balaban J connectivity index is 2.37. The molecule has 0 unspecified atom stereocenters. The Morgan fingerprint density at radius 2 is 2.12 bits per heavy atom. The van der Waals surface area contributed by atoms with Gasteiger partial charge in [-0.1, -0.05) is 0 Å². The maximum atomic E-state index is 13.3. The highest BCUT2D eigenvalue weighted by atomic mass is 19.2. The fraction of sp³-hybridized carbons (Fsp3) is 0.100. The van der Waals surface area contributed by atoms with Crippen LogP contribution in [0.5, 0.6) is 11.5 Å². The molecule has 0 spiro atoms. The number of halogens is 2. The molecule has 0 bridgehead atoms. The van der Waals surface area contributed by atoms with Crippen LogP contribution in [0.3, 0.4) is 0 Å². The number of ether oxygens (including phenoxy) is 1. The predicted octanol–water partition coefficient (Wildman–Crippen LogP) is 2.07. The first kappa shape index (κ1) is 10.4. The molecule has 0 aliphatic carbocycles. The molecule has 0 aliphatic rings. The van der Waals surface area contributed by atoms with Crippen LogP contribution in [0.25, 0.3) is 0 Å². The van der Waals surface area contributed by atoms with Gasteiger partial charge in [0.05, 0.1) is 18.1 Å². The summed E-state index contributed by atoms with van der Waals surface area (Å²) in [5.74, 6) is -2.15. The summed E-state index contributed by atoms with van der Waals surface area (Å²) in [5, 5.41) is 3.83. The van der Waals surface area contributed by atoms with Gasteiger partial charge >= 0.3 is 0 Å². The van der Waals surface area contributed by atoms with Crippen molar-refractivity contribution in [2.24, 2.45) is 7.05 Å². The summed E-state index contributed by atoms with van der Waals surface area (Å²) in [4.78, 5) is 0. The lowest BCUT2D eigenvalue weighted by molar-refractivity contribution is 0.418. The largest absolute Gasteiger partial charge is 0.449 e. The standard InChI is InChI=1S/C10H9F2N3O/c1-15-5-6(4-14-15)16-10-8(13)3-2-7(11)9(10)12/h2-5H,13H2,1H3. The second kappa shape index (κ2) is 3.80. The van der Waals surface area contributed by atoms with Crippen molar-refractivity contribution >= 4 is 5.69 Å². The van der Waals surface area contributed by atoms with Crippen LogP contribution in [-0.4, -0.2) is 9.78 Å². The fourth-order valence-corrected chi connectivity index (χ4v) is 1.22. The van der Waals surface area contributed by atoms with Crippen molar-refractivity contribution in [2.75, 3.05) is 5.73 Å². The van der Waals surface area contributed by atoms with Gasteiger partial charge in [0.1, 0.15) is 0 Å². The van der Waals surface area contributed by atoms with Crippen LogP contribution in [0.15, 0.2) is 24.5 Å². The summed E-state index contributed by atoms with van der Waals surface area (Å²) >= 11 is 0. The normalized spacial score (nSPS) is 10.4. The summed E-state index contributed by atoms with van der Waals surface area (Å²) in [7, 11) is 1.68. The highest BCUT2D eigenvalue weighted by Crippen LogP contribution is 2.31. The van der Waals surface area contributed by atoms with Gasteiger partial charge in [-0.05, 0) is 12.1 Å². The van der Waals surface area contributed by atoms with Crippen LogP contribution in [0.2, 0.25) is 0 Å². The number of hydrogen-bond donors (Lipinski definition) is 1. The molecular formula is C10H9F2N3O. The second-order valence-electron chi connectivity index (χ2n) is 3.23. The van der Waals surface area contributed by atoms with Crippen LogP contribution in [0, 0.1) is 11.6 Å². The van der Waals surface area contributed by atoms with Gasteiger partial charge in [-0.3, -0.25) is 4.68 Å². The zero-order valence-corrected chi connectivity index (χ0v) is 8.45. The third kappa shape index (κ3) is 1.81. The van der Waals surface area contributed by atoms with Gasteiger partial charge in [0.15, 0.2) is 17.3 Å². The number of aryl methyl sites for hydroxylation is 1. The van der Waals surface area contributed by atoms with Crippen molar-refractivity contribution in [1.29, 1.82) is 0 Å². The molecule has 1 heterocycles. The lowest BCUT2D eigenvalue weighted by atomic mass is 10.3. The molecule has 16 heavy (non-hydrogen) atoms. The van der Waals surface area contributed by atoms with E-state index in [1.807, 2.05) is 0 Å². The molecule has 1 aromatic heterocycles. The van der Waals surface area contributed by atoms with E-state index in [9.17, 15) is 8.78 Å². The summed E-state index contributed by atoms with van der Waals surface area (Å²) in [5.41, 5.74) is 5.52. The first-order valence-corrected chi connectivity index (χ1v) is 4.48. The molecule has 0 radical (unpaired) electrons. The fourth-order valence-electron chi connectivity index (χ4n) is 1.22. The van der Waals surface area contributed by atoms with Crippen molar-refractivity contribution < 1.29 is 13.5 Å². The number of hydrogen-bond acceptors (Lipinski definition) is 3. The highest BCUT2D eigenvalue weighted by Gasteiger charge is 2.14. The number of benzene rings is 1. The topological polar surface area (TPSA) is 53.1 Å². The summed E-state index contributed by atoms with van der Waals surface area (Å²) < 4.78 is 32.9.